The van der Waals surface area contributed by atoms with Gasteiger partial charge in [-0.1, -0.05) is 6.42 Å². The van der Waals surface area contributed by atoms with Crippen LogP contribution in [0.1, 0.15) is 57.3 Å². The summed E-state index contributed by atoms with van der Waals surface area (Å²) < 4.78 is 10.4. The SMILES string of the molecule is CCOC(=O)c1c(NC(=O)COC(=O)c2ccc3nc[nH]c3c2)sc2c1CCCCC2. The first-order chi connectivity index (χ1) is 15.1. The number of nitrogens with one attached hydrogen (secondary N) is 2. The van der Waals surface area contributed by atoms with E-state index in [1.165, 1.54) is 17.7 Å². The number of aryl methyl sites for hydroxylation is 1. The Labute approximate surface area is 183 Å². The number of imidazole rings is 1. The van der Waals surface area contributed by atoms with Crippen LogP contribution < -0.4 is 5.32 Å². The van der Waals surface area contributed by atoms with Gasteiger partial charge in [-0.3, -0.25) is 4.79 Å². The van der Waals surface area contributed by atoms with Gasteiger partial charge in [0.05, 0.1) is 35.1 Å². The van der Waals surface area contributed by atoms with Crippen molar-refractivity contribution in [3.63, 3.8) is 0 Å². The number of esters is 2. The van der Waals surface area contributed by atoms with Crippen LogP contribution in [0, 0.1) is 0 Å². The van der Waals surface area contributed by atoms with Crippen molar-refractivity contribution in [2.75, 3.05) is 18.5 Å². The Hall–Kier alpha value is -3.20. The van der Waals surface area contributed by atoms with Crippen LogP contribution >= 0.6 is 11.3 Å². The Morgan fingerprint density at radius 2 is 1.97 bits per heavy atom. The van der Waals surface area contributed by atoms with Gasteiger partial charge < -0.3 is 19.8 Å². The second-order valence-corrected chi connectivity index (χ2v) is 8.35. The lowest BCUT2D eigenvalue weighted by atomic mass is 10.1. The number of nitrogens with zero attached hydrogens (tertiary/aromatic N) is 1. The number of amides is 1. The molecule has 2 heterocycles. The highest BCUT2D eigenvalue weighted by atomic mass is 32.1. The van der Waals surface area contributed by atoms with E-state index in [0.717, 1.165) is 48.1 Å². The largest absolute Gasteiger partial charge is 0.462 e. The van der Waals surface area contributed by atoms with E-state index < -0.39 is 24.5 Å². The summed E-state index contributed by atoms with van der Waals surface area (Å²) in [5, 5.41) is 3.21. The molecule has 3 aromatic rings. The highest BCUT2D eigenvalue weighted by Gasteiger charge is 2.26. The van der Waals surface area contributed by atoms with Crippen molar-refractivity contribution in [1.82, 2.24) is 9.97 Å². The summed E-state index contributed by atoms with van der Waals surface area (Å²) in [6.45, 7) is 1.56. The number of benzene rings is 1. The molecule has 0 atom stereocenters. The number of carbonyl (C=O) groups excluding carboxylic acids is 3. The van der Waals surface area contributed by atoms with Gasteiger partial charge in [0.25, 0.3) is 5.91 Å². The topological polar surface area (TPSA) is 110 Å². The number of hydrogen-bond donors (Lipinski definition) is 2. The first-order valence-electron chi connectivity index (χ1n) is 10.3. The zero-order valence-corrected chi connectivity index (χ0v) is 18.0. The Balaban J connectivity index is 1.45. The van der Waals surface area contributed by atoms with Crippen molar-refractivity contribution >= 4 is 45.2 Å². The van der Waals surface area contributed by atoms with Crippen molar-refractivity contribution in [1.29, 1.82) is 0 Å². The lowest BCUT2D eigenvalue weighted by molar-refractivity contribution is -0.119. The molecule has 0 bridgehead atoms. The fourth-order valence-electron chi connectivity index (χ4n) is 3.69. The van der Waals surface area contributed by atoms with Gasteiger partial charge in [-0.15, -0.1) is 11.3 Å². The van der Waals surface area contributed by atoms with E-state index in [0.29, 0.717) is 21.6 Å². The zero-order valence-electron chi connectivity index (χ0n) is 17.2. The van der Waals surface area contributed by atoms with Crippen molar-refractivity contribution in [3.05, 3.63) is 46.1 Å². The molecule has 0 spiro atoms. The summed E-state index contributed by atoms with van der Waals surface area (Å²) in [4.78, 5) is 45.5. The minimum absolute atomic E-state index is 0.259. The molecule has 2 aromatic heterocycles. The van der Waals surface area contributed by atoms with E-state index >= 15 is 0 Å². The number of anilines is 1. The molecule has 4 rings (SSSR count). The normalized spacial score (nSPS) is 13.3. The number of ether oxygens (including phenoxy) is 2. The van der Waals surface area contributed by atoms with Gasteiger partial charge in [-0.25, -0.2) is 14.6 Å². The van der Waals surface area contributed by atoms with Crippen molar-refractivity contribution in [2.45, 2.75) is 39.0 Å². The van der Waals surface area contributed by atoms with Crippen LogP contribution in [0.15, 0.2) is 24.5 Å². The van der Waals surface area contributed by atoms with Gasteiger partial charge in [0, 0.05) is 4.88 Å². The average Bonchev–Trinajstić information content (AvgIpc) is 3.29. The fraction of sp³-hybridized carbons (Fsp3) is 0.364. The third-order valence-electron chi connectivity index (χ3n) is 5.14. The molecular weight excluding hydrogens is 418 g/mol. The third-order valence-corrected chi connectivity index (χ3v) is 6.35. The lowest BCUT2D eigenvalue weighted by Crippen LogP contribution is -2.22. The maximum atomic E-state index is 12.6. The number of aromatic nitrogens is 2. The minimum atomic E-state index is -0.612. The molecule has 0 radical (unpaired) electrons. The molecule has 1 aliphatic rings. The number of rotatable bonds is 6. The van der Waals surface area contributed by atoms with Crippen LogP contribution in [0.5, 0.6) is 0 Å². The van der Waals surface area contributed by atoms with Crippen LogP contribution in [0.3, 0.4) is 0 Å². The predicted octanol–water partition coefficient (Wildman–Crippen LogP) is 3.87. The predicted molar refractivity (Wildman–Crippen MR) is 117 cm³/mol. The second kappa shape index (κ2) is 9.30. The molecule has 9 heteroatoms. The van der Waals surface area contributed by atoms with Gasteiger partial charge in [0.15, 0.2) is 6.61 Å². The summed E-state index contributed by atoms with van der Waals surface area (Å²) in [5.74, 6) is -1.54. The molecule has 8 nitrogen and oxygen atoms in total. The maximum absolute atomic E-state index is 12.6. The van der Waals surface area contributed by atoms with Gasteiger partial charge >= 0.3 is 11.9 Å². The first kappa shape index (κ1) is 21.0. The fourth-order valence-corrected chi connectivity index (χ4v) is 4.98. The monoisotopic (exact) mass is 441 g/mol. The number of fused-ring (bicyclic) bond motifs is 2. The highest BCUT2D eigenvalue weighted by Crippen LogP contribution is 2.38. The molecule has 0 unspecified atom stereocenters. The third kappa shape index (κ3) is 4.61. The molecular formula is C22H23N3O5S. The zero-order chi connectivity index (χ0) is 21.8. The van der Waals surface area contributed by atoms with Crippen LogP contribution in [0.25, 0.3) is 11.0 Å². The number of hydrogen-bond acceptors (Lipinski definition) is 7. The summed E-state index contributed by atoms with van der Waals surface area (Å²) in [5.41, 5.74) is 3.17. The molecule has 0 aliphatic heterocycles. The maximum Gasteiger partial charge on any atom is 0.341 e. The molecule has 162 valence electrons. The Bertz CT molecular complexity index is 1130. The van der Waals surface area contributed by atoms with Crippen LogP contribution in [-0.4, -0.2) is 41.0 Å². The number of H-pyrrole nitrogens is 1. The molecule has 1 amide bonds. The highest BCUT2D eigenvalue weighted by molar-refractivity contribution is 7.17. The van der Waals surface area contributed by atoms with E-state index in [1.54, 1.807) is 25.1 Å². The molecule has 1 aromatic carbocycles. The summed E-state index contributed by atoms with van der Waals surface area (Å²) >= 11 is 1.41. The average molecular weight is 442 g/mol. The van der Waals surface area contributed by atoms with Crippen LogP contribution in [0.2, 0.25) is 0 Å². The van der Waals surface area contributed by atoms with Crippen LogP contribution in [-0.2, 0) is 27.1 Å². The molecule has 1 aliphatic carbocycles. The van der Waals surface area contributed by atoms with Crippen molar-refractivity contribution < 1.29 is 23.9 Å². The van der Waals surface area contributed by atoms with E-state index in [4.69, 9.17) is 9.47 Å². The lowest BCUT2D eigenvalue weighted by Gasteiger charge is -2.09. The molecule has 0 saturated heterocycles. The summed E-state index contributed by atoms with van der Waals surface area (Å²) in [6.07, 6.45) is 6.39. The molecule has 2 N–H and O–H groups in total. The van der Waals surface area contributed by atoms with Gasteiger partial charge in [0.2, 0.25) is 0 Å². The van der Waals surface area contributed by atoms with Gasteiger partial charge in [0.1, 0.15) is 5.00 Å². The molecule has 31 heavy (non-hydrogen) atoms. The molecule has 0 saturated carbocycles. The number of carbonyl (C=O) groups is 3. The van der Waals surface area contributed by atoms with E-state index in [1.807, 2.05) is 0 Å². The Kier molecular flexibility index (Phi) is 6.31. The smallest absolute Gasteiger partial charge is 0.341 e. The number of aromatic amines is 1. The summed E-state index contributed by atoms with van der Waals surface area (Å²) in [7, 11) is 0. The Morgan fingerprint density at radius 3 is 2.81 bits per heavy atom. The van der Waals surface area contributed by atoms with Gasteiger partial charge in [-0.2, -0.15) is 0 Å². The van der Waals surface area contributed by atoms with E-state index in [2.05, 4.69) is 15.3 Å². The van der Waals surface area contributed by atoms with Gasteiger partial charge in [-0.05, 0) is 56.4 Å². The molecule has 0 fully saturated rings. The second-order valence-electron chi connectivity index (χ2n) is 7.25. The Morgan fingerprint density at radius 1 is 1.13 bits per heavy atom. The number of thiophene rings is 1. The van der Waals surface area contributed by atoms with Crippen molar-refractivity contribution in [3.8, 4) is 0 Å². The quantitative estimate of drug-likeness (QED) is 0.444. The minimum Gasteiger partial charge on any atom is -0.462 e. The van der Waals surface area contributed by atoms with Crippen LogP contribution in [0.4, 0.5) is 5.00 Å². The standard InChI is InChI=1S/C22H23N3O5S/c1-2-29-22(28)19-14-6-4-3-5-7-17(14)31-20(19)25-18(26)11-30-21(27)13-8-9-15-16(10-13)24-12-23-15/h8-10,12H,2-7,11H2,1H3,(H,23,24)(H,25,26). The first-order valence-corrected chi connectivity index (χ1v) is 11.1. The summed E-state index contributed by atoms with van der Waals surface area (Å²) in [6, 6.07) is 4.92. The van der Waals surface area contributed by atoms with E-state index in [9.17, 15) is 14.4 Å². The van der Waals surface area contributed by atoms with E-state index in [-0.39, 0.29) is 6.61 Å². The van der Waals surface area contributed by atoms with Crippen molar-refractivity contribution in [2.24, 2.45) is 0 Å².